The molecule has 1 aliphatic heterocycles. The summed E-state index contributed by atoms with van der Waals surface area (Å²) in [5.74, 6) is 1.37. The minimum atomic E-state index is 0. The van der Waals surface area contributed by atoms with Crippen LogP contribution in [0, 0.1) is 5.41 Å². The van der Waals surface area contributed by atoms with Gasteiger partial charge in [-0.2, -0.15) is 4.98 Å². The normalized spacial score (nSPS) is 22.9. The van der Waals surface area contributed by atoms with Gasteiger partial charge in [0.2, 0.25) is 11.7 Å². The molecule has 2 aromatic heterocycles. The average Bonchev–Trinajstić information content (AvgIpc) is 3.11. The van der Waals surface area contributed by atoms with Crippen molar-refractivity contribution in [3.8, 4) is 10.7 Å². The van der Waals surface area contributed by atoms with Crippen molar-refractivity contribution in [1.29, 1.82) is 0 Å². The van der Waals surface area contributed by atoms with Gasteiger partial charge >= 0.3 is 0 Å². The van der Waals surface area contributed by atoms with Gasteiger partial charge < -0.3 is 10.3 Å². The van der Waals surface area contributed by atoms with Crippen LogP contribution in [0.1, 0.15) is 19.2 Å². The van der Waals surface area contributed by atoms with Crippen molar-refractivity contribution in [2.24, 2.45) is 11.1 Å². The van der Waals surface area contributed by atoms with E-state index in [4.69, 9.17) is 10.3 Å². The Morgan fingerprint density at radius 2 is 2.40 bits per heavy atom. The molecule has 0 aliphatic carbocycles. The lowest BCUT2D eigenvalue weighted by atomic mass is 9.90. The minimum Gasteiger partial charge on any atom is -0.338 e. The summed E-state index contributed by atoms with van der Waals surface area (Å²) in [6.45, 7) is 5.73. The van der Waals surface area contributed by atoms with Gasteiger partial charge in [-0.3, -0.25) is 4.90 Å². The van der Waals surface area contributed by atoms with E-state index in [0.717, 1.165) is 30.9 Å². The SMILES string of the molecule is CC1(CN)CCN(Cc2nc(-c3cccs3)no2)C1.Cl. The van der Waals surface area contributed by atoms with Crippen LogP contribution >= 0.6 is 23.7 Å². The fourth-order valence-electron chi connectivity index (χ4n) is 2.44. The van der Waals surface area contributed by atoms with E-state index in [2.05, 4.69) is 22.0 Å². The van der Waals surface area contributed by atoms with Gasteiger partial charge in [0.05, 0.1) is 11.4 Å². The molecule has 0 spiro atoms. The molecule has 1 unspecified atom stereocenters. The van der Waals surface area contributed by atoms with E-state index < -0.39 is 0 Å². The molecule has 7 heteroatoms. The van der Waals surface area contributed by atoms with Crippen molar-refractivity contribution >= 4 is 23.7 Å². The van der Waals surface area contributed by atoms with Crippen LogP contribution in [0.4, 0.5) is 0 Å². The molecule has 3 rings (SSSR count). The van der Waals surface area contributed by atoms with Gasteiger partial charge in [0.1, 0.15) is 0 Å². The Hall–Kier alpha value is -0.950. The first kappa shape index (κ1) is 15.4. The first-order valence-electron chi connectivity index (χ1n) is 6.47. The highest BCUT2D eigenvalue weighted by molar-refractivity contribution is 7.13. The number of nitrogens with zero attached hydrogens (tertiary/aromatic N) is 3. The Morgan fingerprint density at radius 1 is 1.55 bits per heavy atom. The van der Waals surface area contributed by atoms with Gasteiger partial charge in [0, 0.05) is 6.54 Å². The number of rotatable bonds is 4. The zero-order valence-electron chi connectivity index (χ0n) is 11.4. The van der Waals surface area contributed by atoms with Crippen LogP contribution in [0.2, 0.25) is 0 Å². The van der Waals surface area contributed by atoms with Crippen LogP contribution < -0.4 is 5.73 Å². The fourth-order valence-corrected chi connectivity index (χ4v) is 3.09. The zero-order valence-corrected chi connectivity index (χ0v) is 13.0. The maximum absolute atomic E-state index is 5.82. The summed E-state index contributed by atoms with van der Waals surface area (Å²) < 4.78 is 5.32. The summed E-state index contributed by atoms with van der Waals surface area (Å²) >= 11 is 1.62. The third-order valence-electron chi connectivity index (χ3n) is 3.70. The molecule has 0 aromatic carbocycles. The van der Waals surface area contributed by atoms with Gasteiger partial charge in [-0.25, -0.2) is 0 Å². The Labute approximate surface area is 128 Å². The second kappa shape index (κ2) is 6.22. The van der Waals surface area contributed by atoms with Crippen LogP contribution in [0.3, 0.4) is 0 Å². The fraction of sp³-hybridized carbons (Fsp3) is 0.538. The van der Waals surface area contributed by atoms with Crippen molar-refractivity contribution in [3.05, 3.63) is 23.4 Å². The van der Waals surface area contributed by atoms with Crippen molar-refractivity contribution < 1.29 is 4.52 Å². The summed E-state index contributed by atoms with van der Waals surface area (Å²) in [4.78, 5) is 7.83. The van der Waals surface area contributed by atoms with E-state index in [1.165, 1.54) is 0 Å². The Bertz CT molecular complexity index is 544. The lowest BCUT2D eigenvalue weighted by molar-refractivity contribution is 0.239. The average molecular weight is 315 g/mol. The number of likely N-dealkylation sites (tertiary alicyclic amines) is 1. The van der Waals surface area contributed by atoms with E-state index >= 15 is 0 Å². The maximum Gasteiger partial charge on any atom is 0.241 e. The van der Waals surface area contributed by atoms with Crippen molar-refractivity contribution in [3.63, 3.8) is 0 Å². The number of nitrogens with two attached hydrogens (primary N) is 1. The highest BCUT2D eigenvalue weighted by atomic mass is 35.5. The highest BCUT2D eigenvalue weighted by Gasteiger charge is 2.33. The quantitative estimate of drug-likeness (QED) is 0.938. The molecule has 0 bridgehead atoms. The van der Waals surface area contributed by atoms with Crippen molar-refractivity contribution in [2.75, 3.05) is 19.6 Å². The molecule has 1 aliphatic rings. The first-order valence-corrected chi connectivity index (χ1v) is 7.35. The van der Waals surface area contributed by atoms with Crippen molar-refractivity contribution in [1.82, 2.24) is 15.0 Å². The molecule has 20 heavy (non-hydrogen) atoms. The molecule has 1 atom stereocenters. The van der Waals surface area contributed by atoms with Crippen LogP contribution in [-0.2, 0) is 6.54 Å². The number of hydrogen-bond acceptors (Lipinski definition) is 6. The highest BCUT2D eigenvalue weighted by Crippen LogP contribution is 2.29. The molecule has 5 nitrogen and oxygen atoms in total. The predicted octanol–water partition coefficient (Wildman–Crippen LogP) is 2.39. The van der Waals surface area contributed by atoms with Gasteiger partial charge in [0.15, 0.2) is 0 Å². The third kappa shape index (κ3) is 3.20. The second-order valence-corrected chi connectivity index (χ2v) is 6.41. The van der Waals surface area contributed by atoms with E-state index in [0.29, 0.717) is 18.3 Å². The lowest BCUT2D eigenvalue weighted by Gasteiger charge is -2.21. The lowest BCUT2D eigenvalue weighted by Crippen LogP contribution is -2.31. The van der Waals surface area contributed by atoms with E-state index in [1.807, 2.05) is 17.5 Å². The molecule has 1 fully saturated rings. The van der Waals surface area contributed by atoms with E-state index in [9.17, 15) is 0 Å². The molecule has 2 N–H and O–H groups in total. The van der Waals surface area contributed by atoms with E-state index in [1.54, 1.807) is 11.3 Å². The van der Waals surface area contributed by atoms with Crippen molar-refractivity contribution in [2.45, 2.75) is 19.9 Å². The Balaban J connectivity index is 0.00000147. The topological polar surface area (TPSA) is 68.2 Å². The predicted molar refractivity (Wildman–Crippen MR) is 81.9 cm³/mol. The van der Waals surface area contributed by atoms with Crippen LogP contribution in [0.15, 0.2) is 22.0 Å². The molecular formula is C13H19ClN4OS. The summed E-state index contributed by atoms with van der Waals surface area (Å²) in [7, 11) is 0. The molecular weight excluding hydrogens is 296 g/mol. The number of thiophene rings is 1. The largest absolute Gasteiger partial charge is 0.338 e. The molecule has 0 amide bonds. The first-order chi connectivity index (χ1) is 9.18. The molecule has 110 valence electrons. The summed E-state index contributed by atoms with van der Waals surface area (Å²) in [6, 6.07) is 3.99. The van der Waals surface area contributed by atoms with Gasteiger partial charge in [-0.05, 0) is 36.4 Å². The number of hydrogen-bond donors (Lipinski definition) is 1. The Morgan fingerprint density at radius 3 is 3.05 bits per heavy atom. The summed E-state index contributed by atoms with van der Waals surface area (Å²) in [5.41, 5.74) is 6.05. The van der Waals surface area contributed by atoms with Crippen LogP contribution in [0.5, 0.6) is 0 Å². The van der Waals surface area contributed by atoms with Crippen LogP contribution in [-0.4, -0.2) is 34.7 Å². The molecule has 0 radical (unpaired) electrons. The maximum atomic E-state index is 5.82. The number of halogens is 1. The zero-order chi connectivity index (χ0) is 13.3. The molecule has 2 aromatic rings. The van der Waals surface area contributed by atoms with Gasteiger partial charge in [-0.15, -0.1) is 23.7 Å². The van der Waals surface area contributed by atoms with Gasteiger partial charge in [0.25, 0.3) is 0 Å². The summed E-state index contributed by atoms with van der Waals surface area (Å²) in [5, 5.41) is 6.04. The smallest absolute Gasteiger partial charge is 0.241 e. The monoisotopic (exact) mass is 314 g/mol. The number of aromatic nitrogens is 2. The molecule has 0 saturated carbocycles. The Kier molecular flexibility index (Phi) is 4.80. The van der Waals surface area contributed by atoms with Gasteiger partial charge in [-0.1, -0.05) is 18.1 Å². The molecule has 3 heterocycles. The molecule has 1 saturated heterocycles. The van der Waals surface area contributed by atoms with Crippen LogP contribution in [0.25, 0.3) is 10.7 Å². The summed E-state index contributed by atoms with van der Waals surface area (Å²) in [6.07, 6.45) is 1.13. The standard InChI is InChI=1S/C13H18N4OS.ClH/c1-13(8-14)4-5-17(9-13)7-11-15-12(16-18-11)10-3-2-6-19-10;/h2-3,6H,4-5,7-9,14H2,1H3;1H. The van der Waals surface area contributed by atoms with E-state index in [-0.39, 0.29) is 17.8 Å². The minimum absolute atomic E-state index is 0. The second-order valence-electron chi connectivity index (χ2n) is 5.46. The third-order valence-corrected chi connectivity index (χ3v) is 4.56.